The number of anilines is 1. The van der Waals surface area contributed by atoms with E-state index >= 15 is 0 Å². The fourth-order valence-corrected chi connectivity index (χ4v) is 2.61. The van der Waals surface area contributed by atoms with E-state index in [1.54, 1.807) is 0 Å². The van der Waals surface area contributed by atoms with Crippen molar-refractivity contribution in [3.63, 3.8) is 0 Å². The number of rotatable bonds is 1. The van der Waals surface area contributed by atoms with Crippen molar-refractivity contribution in [1.29, 1.82) is 0 Å². The van der Waals surface area contributed by atoms with Gasteiger partial charge in [-0.3, -0.25) is 4.79 Å². The van der Waals surface area contributed by atoms with Gasteiger partial charge in [-0.2, -0.15) is 26.3 Å². The molecule has 0 fully saturated rings. The Labute approximate surface area is 116 Å². The van der Waals surface area contributed by atoms with Crippen molar-refractivity contribution in [3.05, 3.63) is 29.3 Å². The minimum absolute atomic E-state index is 0.0692. The van der Waals surface area contributed by atoms with Gasteiger partial charge in [0.2, 0.25) is 5.91 Å². The van der Waals surface area contributed by atoms with Crippen LogP contribution >= 0.6 is 0 Å². The highest BCUT2D eigenvalue weighted by Gasteiger charge is 2.52. The van der Waals surface area contributed by atoms with Gasteiger partial charge in [-0.25, -0.2) is 0 Å². The zero-order valence-corrected chi connectivity index (χ0v) is 11.1. The smallest absolute Gasteiger partial charge is 0.314 e. The third kappa shape index (κ3) is 2.58. The molecule has 1 aliphatic heterocycles. The molecule has 0 aliphatic carbocycles. The summed E-state index contributed by atoms with van der Waals surface area (Å²) in [5.74, 6) is -0.867. The second-order valence-electron chi connectivity index (χ2n) is 5.22. The van der Waals surface area contributed by atoms with E-state index in [0.717, 1.165) is 24.0 Å². The van der Waals surface area contributed by atoms with Gasteiger partial charge in [0.15, 0.2) is 0 Å². The quantitative estimate of drug-likeness (QED) is 0.721. The van der Waals surface area contributed by atoms with Crippen molar-refractivity contribution in [2.75, 3.05) is 11.9 Å². The third-order valence-corrected chi connectivity index (χ3v) is 3.61. The Hall–Kier alpha value is -1.73. The third-order valence-electron chi connectivity index (χ3n) is 3.61. The predicted octanol–water partition coefficient (Wildman–Crippen LogP) is 3.89. The van der Waals surface area contributed by atoms with Crippen LogP contribution in [0, 0.1) is 0 Å². The summed E-state index contributed by atoms with van der Waals surface area (Å²) in [5.41, 5.74) is -3.29. The van der Waals surface area contributed by atoms with E-state index in [0.29, 0.717) is 6.07 Å². The summed E-state index contributed by atoms with van der Waals surface area (Å²) < 4.78 is 76.2. The first-order valence-electron chi connectivity index (χ1n) is 5.93. The Balaban J connectivity index is 2.60. The van der Waals surface area contributed by atoms with Gasteiger partial charge in [0.05, 0.1) is 17.4 Å². The van der Waals surface area contributed by atoms with Gasteiger partial charge < -0.3 is 4.90 Å². The molecule has 2 rings (SSSR count). The lowest BCUT2D eigenvalue weighted by Gasteiger charge is -2.24. The van der Waals surface area contributed by atoms with E-state index in [-0.39, 0.29) is 11.3 Å². The van der Waals surface area contributed by atoms with E-state index in [9.17, 15) is 31.1 Å². The van der Waals surface area contributed by atoms with Crippen LogP contribution in [0.1, 0.15) is 24.5 Å². The van der Waals surface area contributed by atoms with E-state index in [1.165, 1.54) is 7.05 Å². The van der Waals surface area contributed by atoms with Crippen LogP contribution in [0.3, 0.4) is 0 Å². The molecule has 0 saturated heterocycles. The minimum Gasteiger partial charge on any atom is -0.314 e. The van der Waals surface area contributed by atoms with Gasteiger partial charge in [-0.1, -0.05) is 0 Å². The molecule has 1 atom stereocenters. The fraction of sp³-hybridized carbons (Fsp3) is 0.462. The summed E-state index contributed by atoms with van der Waals surface area (Å²) in [7, 11) is 1.25. The summed E-state index contributed by atoms with van der Waals surface area (Å²) >= 11 is 0. The topological polar surface area (TPSA) is 20.3 Å². The molecule has 21 heavy (non-hydrogen) atoms. The van der Waals surface area contributed by atoms with Crippen LogP contribution in [-0.2, 0) is 16.4 Å². The second kappa shape index (κ2) is 4.38. The van der Waals surface area contributed by atoms with E-state index in [2.05, 4.69) is 0 Å². The highest BCUT2D eigenvalue weighted by molar-refractivity contribution is 6.07. The van der Waals surface area contributed by atoms with Crippen LogP contribution in [0.2, 0.25) is 0 Å². The van der Waals surface area contributed by atoms with Crippen molar-refractivity contribution in [1.82, 2.24) is 0 Å². The Morgan fingerprint density at radius 1 is 1.14 bits per heavy atom. The average molecular weight is 311 g/mol. The lowest BCUT2D eigenvalue weighted by atomic mass is 9.80. The Kier molecular flexibility index (Phi) is 3.27. The first kappa shape index (κ1) is 15.7. The number of hydrogen-bond donors (Lipinski definition) is 0. The molecule has 1 unspecified atom stereocenters. The molecule has 1 aromatic carbocycles. The number of hydrogen-bond acceptors (Lipinski definition) is 1. The summed E-state index contributed by atoms with van der Waals surface area (Å²) in [4.78, 5) is 13.0. The maximum atomic E-state index is 12.7. The van der Waals surface area contributed by atoms with Crippen molar-refractivity contribution in [2.24, 2.45) is 0 Å². The SMILES string of the molecule is CN1C(=O)C(C)(CC(F)(F)F)c2cc(C(F)(F)F)ccc21. The monoisotopic (exact) mass is 311 g/mol. The van der Waals surface area contributed by atoms with Crippen molar-refractivity contribution in [2.45, 2.75) is 31.1 Å². The first-order valence-corrected chi connectivity index (χ1v) is 5.93. The molecule has 8 heteroatoms. The van der Waals surface area contributed by atoms with Crippen molar-refractivity contribution >= 4 is 11.6 Å². The van der Waals surface area contributed by atoms with Gasteiger partial charge in [0, 0.05) is 12.7 Å². The van der Waals surface area contributed by atoms with Gasteiger partial charge in [0.1, 0.15) is 0 Å². The Bertz CT molecular complexity index is 591. The molecule has 0 radical (unpaired) electrons. The average Bonchev–Trinajstić information content (AvgIpc) is 2.48. The van der Waals surface area contributed by atoms with Gasteiger partial charge >= 0.3 is 12.4 Å². The molecule has 116 valence electrons. The molecule has 0 spiro atoms. The van der Waals surface area contributed by atoms with E-state index in [4.69, 9.17) is 0 Å². The molecule has 1 heterocycles. The Morgan fingerprint density at radius 2 is 1.71 bits per heavy atom. The summed E-state index contributed by atoms with van der Waals surface area (Å²) in [6.07, 6.45) is -10.9. The van der Waals surface area contributed by atoms with E-state index in [1.807, 2.05) is 0 Å². The number of halogens is 6. The first-order chi connectivity index (χ1) is 9.36. The predicted molar refractivity (Wildman–Crippen MR) is 62.9 cm³/mol. The number of nitrogens with zero attached hydrogens (tertiary/aromatic N) is 1. The normalized spacial score (nSPS) is 22.7. The minimum atomic E-state index is -4.68. The maximum absolute atomic E-state index is 12.7. The number of carbonyl (C=O) groups is 1. The van der Waals surface area contributed by atoms with Crippen LogP contribution in [0.25, 0.3) is 0 Å². The molecular formula is C13H11F6NO. The largest absolute Gasteiger partial charge is 0.416 e. The van der Waals surface area contributed by atoms with E-state index < -0.39 is 35.7 Å². The molecular weight excluding hydrogens is 300 g/mol. The zero-order valence-electron chi connectivity index (χ0n) is 11.1. The fourth-order valence-electron chi connectivity index (χ4n) is 2.61. The zero-order chi connectivity index (χ0) is 16.2. The number of fused-ring (bicyclic) bond motifs is 1. The van der Waals surface area contributed by atoms with Crippen molar-refractivity contribution in [3.8, 4) is 0 Å². The molecule has 1 aliphatic rings. The summed E-state index contributed by atoms with van der Waals surface area (Å²) in [6.45, 7) is 1.02. The lowest BCUT2D eigenvalue weighted by Crippen LogP contribution is -2.39. The van der Waals surface area contributed by atoms with Gasteiger partial charge in [-0.05, 0) is 30.7 Å². The lowest BCUT2D eigenvalue weighted by molar-refractivity contribution is -0.155. The Morgan fingerprint density at radius 3 is 2.19 bits per heavy atom. The highest BCUT2D eigenvalue weighted by atomic mass is 19.4. The van der Waals surface area contributed by atoms with Crippen LogP contribution in [-0.4, -0.2) is 19.1 Å². The van der Waals surface area contributed by atoms with Gasteiger partial charge in [0.25, 0.3) is 0 Å². The van der Waals surface area contributed by atoms with Crippen LogP contribution < -0.4 is 4.90 Å². The standard InChI is InChI=1S/C13H11F6NO/c1-11(6-12(14,15)16)8-5-7(13(17,18)19)3-4-9(8)20(2)10(11)21/h3-5H,6H2,1-2H3. The van der Waals surface area contributed by atoms with Crippen LogP contribution in [0.5, 0.6) is 0 Å². The second-order valence-corrected chi connectivity index (χ2v) is 5.22. The van der Waals surface area contributed by atoms with Crippen LogP contribution in [0.4, 0.5) is 32.0 Å². The maximum Gasteiger partial charge on any atom is 0.416 e. The van der Waals surface area contributed by atoms with Crippen molar-refractivity contribution < 1.29 is 31.1 Å². The number of alkyl halides is 6. The number of benzene rings is 1. The molecule has 0 saturated carbocycles. The summed E-state index contributed by atoms with van der Waals surface area (Å²) in [6, 6.07) is 2.40. The molecule has 0 bridgehead atoms. The molecule has 1 amide bonds. The number of carbonyl (C=O) groups excluding carboxylic acids is 1. The molecule has 0 aromatic heterocycles. The summed E-state index contributed by atoms with van der Waals surface area (Å²) in [5, 5.41) is 0. The molecule has 2 nitrogen and oxygen atoms in total. The number of likely N-dealkylation sites (N-methyl/N-ethyl adjacent to an activating group) is 1. The van der Waals surface area contributed by atoms with Crippen LogP contribution in [0.15, 0.2) is 18.2 Å². The number of amides is 1. The molecule has 0 N–H and O–H groups in total. The molecule has 1 aromatic rings. The highest BCUT2D eigenvalue weighted by Crippen LogP contribution is 2.48. The van der Waals surface area contributed by atoms with Gasteiger partial charge in [-0.15, -0.1) is 0 Å².